The van der Waals surface area contributed by atoms with Gasteiger partial charge in [-0.2, -0.15) is 12.6 Å². The second-order valence-corrected chi connectivity index (χ2v) is 3.28. The number of aliphatic carboxylic acids is 1. The SMILES string of the molecule is CC(S)C(C)C(N)C(=O)O. The van der Waals surface area contributed by atoms with Crippen LogP contribution >= 0.6 is 12.6 Å². The molecular formula is C6H13NO2S. The summed E-state index contributed by atoms with van der Waals surface area (Å²) in [5.74, 6) is -1.06. The lowest BCUT2D eigenvalue weighted by Crippen LogP contribution is -2.39. The zero-order valence-electron chi connectivity index (χ0n) is 6.11. The second-order valence-electron chi connectivity index (χ2n) is 2.46. The third kappa shape index (κ3) is 2.58. The molecule has 3 nitrogen and oxygen atoms in total. The van der Waals surface area contributed by atoms with Crippen LogP contribution in [0.3, 0.4) is 0 Å². The summed E-state index contributed by atoms with van der Waals surface area (Å²) >= 11 is 4.08. The van der Waals surface area contributed by atoms with E-state index in [1.54, 1.807) is 6.92 Å². The number of carboxylic acids is 1. The Morgan fingerprint density at radius 2 is 2.00 bits per heavy atom. The van der Waals surface area contributed by atoms with E-state index in [-0.39, 0.29) is 11.2 Å². The van der Waals surface area contributed by atoms with Crippen molar-refractivity contribution in [3.8, 4) is 0 Å². The molecule has 0 amide bonds. The summed E-state index contributed by atoms with van der Waals surface area (Å²) in [6, 6.07) is -0.799. The predicted molar refractivity (Wildman–Crippen MR) is 43.2 cm³/mol. The van der Waals surface area contributed by atoms with E-state index < -0.39 is 12.0 Å². The number of hydrogen-bond acceptors (Lipinski definition) is 3. The van der Waals surface area contributed by atoms with E-state index in [9.17, 15) is 4.79 Å². The fraction of sp³-hybridized carbons (Fsp3) is 0.833. The maximum absolute atomic E-state index is 10.3. The lowest BCUT2D eigenvalue weighted by molar-refractivity contribution is -0.139. The smallest absolute Gasteiger partial charge is 0.320 e. The van der Waals surface area contributed by atoms with Gasteiger partial charge in [0.05, 0.1) is 0 Å². The van der Waals surface area contributed by atoms with Gasteiger partial charge in [0, 0.05) is 5.25 Å². The minimum absolute atomic E-state index is 0.0195. The van der Waals surface area contributed by atoms with Crippen molar-refractivity contribution in [3.63, 3.8) is 0 Å². The molecule has 10 heavy (non-hydrogen) atoms. The van der Waals surface area contributed by atoms with Crippen LogP contribution in [0, 0.1) is 5.92 Å². The van der Waals surface area contributed by atoms with E-state index >= 15 is 0 Å². The Kier molecular flexibility index (Phi) is 3.75. The molecule has 3 atom stereocenters. The van der Waals surface area contributed by atoms with Gasteiger partial charge < -0.3 is 10.8 Å². The summed E-state index contributed by atoms with van der Waals surface area (Å²) in [7, 11) is 0. The van der Waals surface area contributed by atoms with Crippen LogP contribution in [0.4, 0.5) is 0 Å². The number of nitrogens with two attached hydrogens (primary N) is 1. The van der Waals surface area contributed by atoms with E-state index in [2.05, 4.69) is 12.6 Å². The number of thiol groups is 1. The Bertz CT molecular complexity index is 127. The van der Waals surface area contributed by atoms with Crippen LogP contribution in [-0.2, 0) is 4.79 Å². The molecule has 0 rings (SSSR count). The second kappa shape index (κ2) is 3.83. The van der Waals surface area contributed by atoms with Crippen LogP contribution in [0.25, 0.3) is 0 Å². The van der Waals surface area contributed by atoms with Gasteiger partial charge in [0.25, 0.3) is 0 Å². The van der Waals surface area contributed by atoms with Crippen molar-refractivity contribution < 1.29 is 9.90 Å². The first-order valence-electron chi connectivity index (χ1n) is 3.13. The van der Waals surface area contributed by atoms with Crippen molar-refractivity contribution in [2.75, 3.05) is 0 Å². The molecule has 0 bridgehead atoms. The molecule has 3 unspecified atom stereocenters. The van der Waals surface area contributed by atoms with Crippen LogP contribution in [0.15, 0.2) is 0 Å². The van der Waals surface area contributed by atoms with Crippen molar-refractivity contribution in [1.29, 1.82) is 0 Å². The Morgan fingerprint density at radius 1 is 1.60 bits per heavy atom. The zero-order chi connectivity index (χ0) is 8.31. The number of carboxylic acid groups (broad SMARTS) is 1. The van der Waals surface area contributed by atoms with Gasteiger partial charge in [-0.05, 0) is 5.92 Å². The van der Waals surface area contributed by atoms with Gasteiger partial charge in [-0.15, -0.1) is 0 Å². The molecule has 0 spiro atoms. The summed E-state index contributed by atoms with van der Waals surface area (Å²) in [6.45, 7) is 3.60. The first-order valence-corrected chi connectivity index (χ1v) is 3.65. The molecule has 0 heterocycles. The minimum atomic E-state index is -0.964. The zero-order valence-corrected chi connectivity index (χ0v) is 7.01. The Morgan fingerprint density at radius 3 is 2.10 bits per heavy atom. The van der Waals surface area contributed by atoms with E-state index in [1.165, 1.54) is 0 Å². The summed E-state index contributed by atoms with van der Waals surface area (Å²) in [4.78, 5) is 10.3. The van der Waals surface area contributed by atoms with Crippen molar-refractivity contribution in [3.05, 3.63) is 0 Å². The van der Waals surface area contributed by atoms with Gasteiger partial charge >= 0.3 is 5.97 Å². The lowest BCUT2D eigenvalue weighted by Gasteiger charge is -2.18. The van der Waals surface area contributed by atoms with Crippen LogP contribution < -0.4 is 5.73 Å². The first kappa shape index (κ1) is 9.78. The molecule has 0 saturated carbocycles. The average Bonchev–Trinajstić information content (AvgIpc) is 1.84. The summed E-state index contributed by atoms with van der Waals surface area (Å²) in [5, 5.41) is 8.46. The molecule has 0 aliphatic rings. The van der Waals surface area contributed by atoms with E-state index in [0.29, 0.717) is 0 Å². The van der Waals surface area contributed by atoms with Gasteiger partial charge in [-0.25, -0.2) is 0 Å². The largest absolute Gasteiger partial charge is 0.480 e. The van der Waals surface area contributed by atoms with E-state index in [1.807, 2.05) is 6.92 Å². The third-order valence-corrected chi connectivity index (χ3v) is 2.08. The van der Waals surface area contributed by atoms with Crippen molar-refractivity contribution in [2.24, 2.45) is 11.7 Å². The Hall–Kier alpha value is -0.220. The average molecular weight is 163 g/mol. The number of hydrogen-bond donors (Lipinski definition) is 3. The molecule has 0 aliphatic heterocycles. The van der Waals surface area contributed by atoms with Crippen LogP contribution in [0.5, 0.6) is 0 Å². The van der Waals surface area contributed by atoms with Crippen LogP contribution in [0.1, 0.15) is 13.8 Å². The van der Waals surface area contributed by atoms with Gasteiger partial charge in [-0.3, -0.25) is 4.79 Å². The Labute approximate surface area is 66.0 Å². The van der Waals surface area contributed by atoms with E-state index in [4.69, 9.17) is 10.8 Å². The highest BCUT2D eigenvalue weighted by Gasteiger charge is 2.22. The normalized spacial score (nSPS) is 19.6. The fourth-order valence-electron chi connectivity index (χ4n) is 0.525. The molecule has 0 radical (unpaired) electrons. The standard InChI is InChI=1S/C6H13NO2S/c1-3(4(2)10)5(7)6(8)9/h3-5,10H,7H2,1-2H3,(H,8,9). The van der Waals surface area contributed by atoms with Crippen LogP contribution in [0.2, 0.25) is 0 Å². The molecule has 0 saturated heterocycles. The molecular weight excluding hydrogens is 150 g/mol. The summed E-state index contributed by atoms with van der Waals surface area (Å²) < 4.78 is 0. The Balaban J connectivity index is 3.94. The first-order chi connectivity index (χ1) is 4.46. The van der Waals surface area contributed by atoms with Crippen molar-refractivity contribution in [2.45, 2.75) is 25.1 Å². The molecule has 0 aliphatic carbocycles. The molecule has 3 N–H and O–H groups in total. The topological polar surface area (TPSA) is 63.3 Å². The van der Waals surface area contributed by atoms with Gasteiger partial charge in [-0.1, -0.05) is 13.8 Å². The molecule has 0 fully saturated rings. The maximum atomic E-state index is 10.3. The molecule has 0 aromatic carbocycles. The fourth-order valence-corrected chi connectivity index (χ4v) is 0.710. The summed E-state index contributed by atoms with van der Waals surface area (Å²) in [6.07, 6.45) is 0. The van der Waals surface area contributed by atoms with Gasteiger partial charge in [0.2, 0.25) is 0 Å². The molecule has 60 valence electrons. The highest BCUT2D eigenvalue weighted by atomic mass is 32.1. The van der Waals surface area contributed by atoms with Gasteiger partial charge in [0.15, 0.2) is 0 Å². The quantitative estimate of drug-likeness (QED) is 0.526. The lowest BCUT2D eigenvalue weighted by atomic mass is 10.00. The minimum Gasteiger partial charge on any atom is -0.480 e. The van der Waals surface area contributed by atoms with Crippen molar-refractivity contribution >= 4 is 18.6 Å². The van der Waals surface area contributed by atoms with Crippen LogP contribution in [-0.4, -0.2) is 22.4 Å². The number of carbonyl (C=O) groups is 1. The molecule has 0 aromatic heterocycles. The highest BCUT2D eigenvalue weighted by Crippen LogP contribution is 2.11. The number of rotatable bonds is 3. The molecule has 4 heteroatoms. The monoisotopic (exact) mass is 163 g/mol. The third-order valence-electron chi connectivity index (χ3n) is 1.61. The predicted octanol–water partition coefficient (Wildman–Crippen LogP) is 0.353. The summed E-state index contributed by atoms with van der Waals surface area (Å²) in [5.41, 5.74) is 5.31. The van der Waals surface area contributed by atoms with Gasteiger partial charge in [0.1, 0.15) is 6.04 Å². The highest BCUT2D eigenvalue weighted by molar-refractivity contribution is 7.80. The van der Waals surface area contributed by atoms with E-state index in [0.717, 1.165) is 0 Å². The maximum Gasteiger partial charge on any atom is 0.320 e. The molecule has 0 aromatic rings. The van der Waals surface area contributed by atoms with Crippen molar-refractivity contribution in [1.82, 2.24) is 0 Å².